The molecule has 0 radical (unpaired) electrons. The fraction of sp³-hybridized carbons (Fsp3) is 0.800. The molecule has 1 aromatic heterocycles. The lowest BCUT2D eigenvalue weighted by Crippen LogP contribution is -2.36. The van der Waals surface area contributed by atoms with E-state index in [1.54, 1.807) is 0 Å². The second kappa shape index (κ2) is 5.54. The highest BCUT2D eigenvalue weighted by molar-refractivity contribution is 5.79. The predicted octanol–water partition coefficient (Wildman–Crippen LogP) is 2.52. The first-order chi connectivity index (χ1) is 9.63. The molecule has 5 nitrogen and oxygen atoms in total. The number of hydrogen-bond donors (Lipinski definition) is 0. The molecule has 1 unspecified atom stereocenters. The Hall–Kier alpha value is -1.39. The quantitative estimate of drug-likeness (QED) is 0.833. The van der Waals surface area contributed by atoms with E-state index >= 15 is 0 Å². The molecule has 0 N–H and O–H groups in total. The van der Waals surface area contributed by atoms with Crippen LogP contribution in [0.2, 0.25) is 0 Å². The van der Waals surface area contributed by atoms with Gasteiger partial charge in [-0.1, -0.05) is 12.1 Å². The van der Waals surface area contributed by atoms with E-state index in [1.807, 2.05) is 11.8 Å². The summed E-state index contributed by atoms with van der Waals surface area (Å²) in [6.07, 6.45) is 5.44. The van der Waals surface area contributed by atoms with Gasteiger partial charge in [0, 0.05) is 19.0 Å². The number of likely N-dealkylation sites (tertiary alicyclic amines) is 1. The first-order valence-corrected chi connectivity index (χ1v) is 7.72. The van der Waals surface area contributed by atoms with Crippen LogP contribution < -0.4 is 0 Å². The van der Waals surface area contributed by atoms with Crippen molar-refractivity contribution >= 4 is 5.91 Å². The average molecular weight is 277 g/mol. The van der Waals surface area contributed by atoms with E-state index in [0.717, 1.165) is 38.3 Å². The Balaban J connectivity index is 1.58. The van der Waals surface area contributed by atoms with E-state index in [-0.39, 0.29) is 11.8 Å². The number of amides is 1. The molecular formula is C15H23N3O2. The summed E-state index contributed by atoms with van der Waals surface area (Å²) in [6.45, 7) is 5.68. The largest absolute Gasteiger partial charge is 0.342 e. The molecule has 20 heavy (non-hydrogen) atoms. The van der Waals surface area contributed by atoms with Gasteiger partial charge in [0.2, 0.25) is 11.8 Å². The molecule has 1 amide bonds. The van der Waals surface area contributed by atoms with Crippen LogP contribution in [0, 0.1) is 18.8 Å². The summed E-state index contributed by atoms with van der Waals surface area (Å²) in [4.78, 5) is 18.8. The van der Waals surface area contributed by atoms with Crippen molar-refractivity contribution in [1.82, 2.24) is 15.0 Å². The molecule has 3 rings (SSSR count). The maximum Gasteiger partial charge on any atom is 0.231 e. The molecule has 2 aliphatic rings. The van der Waals surface area contributed by atoms with Crippen molar-refractivity contribution in [2.75, 3.05) is 13.1 Å². The van der Waals surface area contributed by atoms with Crippen molar-refractivity contribution in [3.63, 3.8) is 0 Å². The molecule has 2 heterocycles. The van der Waals surface area contributed by atoms with Crippen molar-refractivity contribution in [3.8, 4) is 0 Å². The molecule has 0 aromatic carbocycles. The minimum Gasteiger partial charge on any atom is -0.342 e. The van der Waals surface area contributed by atoms with E-state index in [9.17, 15) is 4.79 Å². The zero-order valence-electron chi connectivity index (χ0n) is 12.3. The zero-order chi connectivity index (χ0) is 14.1. The zero-order valence-corrected chi connectivity index (χ0v) is 12.3. The Morgan fingerprint density at radius 3 is 2.65 bits per heavy atom. The number of nitrogens with zero attached hydrogens (tertiary/aromatic N) is 3. The second-order valence-corrected chi connectivity index (χ2v) is 6.41. The third-order valence-electron chi connectivity index (χ3n) is 4.76. The lowest BCUT2D eigenvalue weighted by Gasteiger charge is -2.28. The molecule has 1 atom stereocenters. The maximum atomic E-state index is 12.5. The van der Waals surface area contributed by atoms with Crippen molar-refractivity contribution in [1.29, 1.82) is 0 Å². The van der Waals surface area contributed by atoms with E-state index in [2.05, 4.69) is 17.1 Å². The normalized spacial score (nSPS) is 30.7. The van der Waals surface area contributed by atoms with Crippen molar-refractivity contribution in [2.45, 2.75) is 51.9 Å². The second-order valence-electron chi connectivity index (χ2n) is 6.41. The van der Waals surface area contributed by atoms with E-state index in [1.165, 1.54) is 12.8 Å². The van der Waals surface area contributed by atoms with E-state index < -0.39 is 0 Å². The van der Waals surface area contributed by atoms with Crippen LogP contribution in [-0.4, -0.2) is 34.0 Å². The summed E-state index contributed by atoms with van der Waals surface area (Å²) in [7, 11) is 0. The van der Waals surface area contributed by atoms with Gasteiger partial charge in [-0.15, -0.1) is 0 Å². The van der Waals surface area contributed by atoms with Crippen LogP contribution in [0.25, 0.3) is 0 Å². The molecule has 1 saturated carbocycles. The van der Waals surface area contributed by atoms with Gasteiger partial charge in [-0.3, -0.25) is 4.79 Å². The van der Waals surface area contributed by atoms with Gasteiger partial charge in [0.1, 0.15) is 0 Å². The van der Waals surface area contributed by atoms with E-state index in [4.69, 9.17) is 4.52 Å². The molecule has 1 aromatic rings. The highest BCUT2D eigenvalue weighted by atomic mass is 16.5. The molecular weight excluding hydrogens is 254 g/mol. The summed E-state index contributed by atoms with van der Waals surface area (Å²) in [5.41, 5.74) is 0. The molecule has 0 bridgehead atoms. The number of carbonyl (C=O) groups is 1. The van der Waals surface area contributed by atoms with Gasteiger partial charge in [0.25, 0.3) is 0 Å². The number of carbonyl (C=O) groups excluding carboxylic acids is 1. The Morgan fingerprint density at radius 2 is 2.00 bits per heavy atom. The first-order valence-electron chi connectivity index (χ1n) is 7.72. The third-order valence-corrected chi connectivity index (χ3v) is 4.76. The Morgan fingerprint density at radius 1 is 1.25 bits per heavy atom. The van der Waals surface area contributed by atoms with Crippen LogP contribution in [0.5, 0.6) is 0 Å². The van der Waals surface area contributed by atoms with Crippen LogP contribution in [0.3, 0.4) is 0 Å². The van der Waals surface area contributed by atoms with Gasteiger partial charge in [0.15, 0.2) is 5.82 Å². The molecule has 2 fully saturated rings. The summed E-state index contributed by atoms with van der Waals surface area (Å²) < 4.78 is 5.24. The molecule has 110 valence electrons. The predicted molar refractivity (Wildman–Crippen MR) is 74.1 cm³/mol. The van der Waals surface area contributed by atoms with Gasteiger partial charge in [-0.05, 0) is 44.9 Å². The Labute approximate surface area is 119 Å². The Kier molecular flexibility index (Phi) is 3.76. The van der Waals surface area contributed by atoms with Crippen molar-refractivity contribution in [3.05, 3.63) is 11.7 Å². The smallest absolute Gasteiger partial charge is 0.231 e. The monoisotopic (exact) mass is 277 g/mol. The summed E-state index contributed by atoms with van der Waals surface area (Å²) >= 11 is 0. The molecule has 0 spiro atoms. The number of rotatable bonds is 2. The van der Waals surface area contributed by atoms with Crippen LogP contribution in [0.1, 0.15) is 56.7 Å². The molecule has 5 heteroatoms. The molecule has 1 aliphatic carbocycles. The van der Waals surface area contributed by atoms with Crippen LogP contribution in [-0.2, 0) is 4.79 Å². The summed E-state index contributed by atoms with van der Waals surface area (Å²) in [5, 5.41) is 3.84. The number of aryl methyl sites for hydroxylation is 1. The van der Waals surface area contributed by atoms with Crippen molar-refractivity contribution < 1.29 is 9.32 Å². The van der Waals surface area contributed by atoms with Crippen LogP contribution in [0.4, 0.5) is 0 Å². The number of aromatic nitrogens is 2. The topological polar surface area (TPSA) is 59.2 Å². The lowest BCUT2D eigenvalue weighted by atomic mass is 9.82. The standard InChI is InChI=1S/C15H23N3O2/c1-10-3-5-12(6-4-10)15(19)18-8-7-13(9-18)14-16-11(2)17-20-14/h10,12-13H,3-9H2,1-2H3. The van der Waals surface area contributed by atoms with Gasteiger partial charge in [-0.2, -0.15) is 4.98 Å². The lowest BCUT2D eigenvalue weighted by molar-refractivity contribution is -0.135. The third kappa shape index (κ3) is 2.72. The summed E-state index contributed by atoms with van der Waals surface area (Å²) in [6, 6.07) is 0. The minimum absolute atomic E-state index is 0.225. The first kappa shape index (κ1) is 13.6. The van der Waals surface area contributed by atoms with E-state index in [0.29, 0.717) is 17.6 Å². The molecule has 1 saturated heterocycles. The van der Waals surface area contributed by atoms with Gasteiger partial charge in [-0.25, -0.2) is 0 Å². The van der Waals surface area contributed by atoms with Gasteiger partial charge < -0.3 is 9.42 Å². The van der Waals surface area contributed by atoms with Crippen LogP contribution in [0.15, 0.2) is 4.52 Å². The average Bonchev–Trinajstić information content (AvgIpc) is 3.07. The highest BCUT2D eigenvalue weighted by Gasteiger charge is 2.34. The SMILES string of the molecule is Cc1noc(C2CCN(C(=O)C3CCC(C)CC3)C2)n1. The maximum absolute atomic E-state index is 12.5. The van der Waals surface area contributed by atoms with Gasteiger partial charge in [0.05, 0.1) is 5.92 Å². The summed E-state index contributed by atoms with van der Waals surface area (Å²) in [5.74, 6) is 2.96. The Bertz CT molecular complexity index is 477. The number of hydrogen-bond acceptors (Lipinski definition) is 4. The highest BCUT2D eigenvalue weighted by Crippen LogP contribution is 2.32. The van der Waals surface area contributed by atoms with Crippen molar-refractivity contribution in [2.24, 2.45) is 11.8 Å². The molecule has 1 aliphatic heterocycles. The fourth-order valence-corrected chi connectivity index (χ4v) is 3.41. The minimum atomic E-state index is 0.225. The van der Waals surface area contributed by atoms with Crippen LogP contribution >= 0.6 is 0 Å². The fourth-order valence-electron chi connectivity index (χ4n) is 3.41. The van der Waals surface area contributed by atoms with Gasteiger partial charge >= 0.3 is 0 Å².